The molecule has 1 saturated heterocycles. The predicted octanol–water partition coefficient (Wildman–Crippen LogP) is 3.00. The largest absolute Gasteiger partial charge is 0.369 e. The molecule has 1 amide bonds. The molecule has 0 aliphatic carbocycles. The number of anilines is 1. The van der Waals surface area contributed by atoms with Gasteiger partial charge in [-0.3, -0.25) is 4.79 Å². The molecule has 5 nitrogen and oxygen atoms in total. The summed E-state index contributed by atoms with van der Waals surface area (Å²) in [6.07, 6.45) is 1.51. The number of aromatic nitrogens is 2. The molecule has 0 spiro atoms. The first-order chi connectivity index (χ1) is 12.2. The smallest absolute Gasteiger partial charge is 0.226 e. The van der Waals surface area contributed by atoms with Gasteiger partial charge in [-0.05, 0) is 18.9 Å². The molecule has 1 aromatic heterocycles. The van der Waals surface area contributed by atoms with Gasteiger partial charge in [0.1, 0.15) is 0 Å². The highest BCUT2D eigenvalue weighted by Crippen LogP contribution is 2.29. The van der Waals surface area contributed by atoms with Crippen LogP contribution in [0.25, 0.3) is 22.2 Å². The second-order valence-corrected chi connectivity index (χ2v) is 6.42. The summed E-state index contributed by atoms with van der Waals surface area (Å²) >= 11 is 0. The number of rotatable bonds is 3. The highest BCUT2D eigenvalue weighted by molar-refractivity contribution is 5.93. The minimum atomic E-state index is -0.205. The molecule has 25 heavy (non-hydrogen) atoms. The number of fused-ring (bicyclic) bond motifs is 1. The standard InChI is InChI=1S/C20H20N4O/c21-19(25)15-10-12-24(13-11-15)20-22-17-9-5-4-8-16(17)18(23-20)14-6-2-1-3-7-14/h1-9,15H,10-13H2,(H2,21,25). The van der Waals surface area contributed by atoms with Crippen LogP contribution in [0.2, 0.25) is 0 Å². The Labute approximate surface area is 146 Å². The molecule has 0 radical (unpaired) electrons. The number of para-hydroxylation sites is 1. The molecule has 0 atom stereocenters. The lowest BCUT2D eigenvalue weighted by atomic mass is 9.96. The van der Waals surface area contributed by atoms with Gasteiger partial charge in [0.15, 0.2) is 0 Å². The van der Waals surface area contributed by atoms with Gasteiger partial charge in [-0.15, -0.1) is 0 Å². The van der Waals surface area contributed by atoms with E-state index in [1.807, 2.05) is 36.4 Å². The number of piperidine rings is 1. The number of amides is 1. The maximum Gasteiger partial charge on any atom is 0.226 e. The van der Waals surface area contributed by atoms with Crippen molar-refractivity contribution in [3.05, 3.63) is 54.6 Å². The van der Waals surface area contributed by atoms with E-state index in [0.717, 1.165) is 54.0 Å². The molecular weight excluding hydrogens is 312 g/mol. The van der Waals surface area contributed by atoms with Crippen molar-refractivity contribution >= 4 is 22.8 Å². The Morgan fingerprint density at radius 1 is 0.960 bits per heavy atom. The van der Waals surface area contributed by atoms with Crippen molar-refractivity contribution in [2.75, 3.05) is 18.0 Å². The predicted molar refractivity (Wildman–Crippen MR) is 99.1 cm³/mol. The number of benzene rings is 2. The number of carbonyl (C=O) groups is 1. The van der Waals surface area contributed by atoms with Crippen molar-refractivity contribution in [3.8, 4) is 11.3 Å². The van der Waals surface area contributed by atoms with Gasteiger partial charge in [-0.25, -0.2) is 9.97 Å². The fraction of sp³-hybridized carbons (Fsp3) is 0.250. The number of hydrogen-bond donors (Lipinski definition) is 1. The average molecular weight is 332 g/mol. The molecule has 0 saturated carbocycles. The van der Waals surface area contributed by atoms with Crippen molar-refractivity contribution in [3.63, 3.8) is 0 Å². The van der Waals surface area contributed by atoms with Crippen LogP contribution >= 0.6 is 0 Å². The molecule has 126 valence electrons. The van der Waals surface area contributed by atoms with Gasteiger partial charge in [-0.1, -0.05) is 48.5 Å². The molecule has 1 aliphatic rings. The zero-order valence-electron chi connectivity index (χ0n) is 13.9. The Morgan fingerprint density at radius 2 is 1.64 bits per heavy atom. The van der Waals surface area contributed by atoms with E-state index >= 15 is 0 Å². The molecule has 1 fully saturated rings. The fourth-order valence-electron chi connectivity index (χ4n) is 3.39. The van der Waals surface area contributed by atoms with E-state index in [4.69, 9.17) is 15.7 Å². The van der Waals surface area contributed by atoms with E-state index in [-0.39, 0.29) is 11.8 Å². The zero-order chi connectivity index (χ0) is 17.2. The van der Waals surface area contributed by atoms with Crippen molar-refractivity contribution in [2.45, 2.75) is 12.8 Å². The Hall–Kier alpha value is -2.95. The molecular formula is C20H20N4O. The summed E-state index contributed by atoms with van der Waals surface area (Å²) < 4.78 is 0. The number of nitrogens with two attached hydrogens (primary N) is 1. The summed E-state index contributed by atoms with van der Waals surface area (Å²) in [5, 5.41) is 1.05. The lowest BCUT2D eigenvalue weighted by molar-refractivity contribution is -0.122. The quantitative estimate of drug-likeness (QED) is 0.800. The van der Waals surface area contributed by atoms with E-state index in [0.29, 0.717) is 0 Å². The van der Waals surface area contributed by atoms with Crippen LogP contribution < -0.4 is 10.6 Å². The lowest BCUT2D eigenvalue weighted by Crippen LogP contribution is -2.39. The highest BCUT2D eigenvalue weighted by atomic mass is 16.1. The van der Waals surface area contributed by atoms with Crippen LogP contribution in [-0.2, 0) is 4.79 Å². The van der Waals surface area contributed by atoms with Crippen LogP contribution in [0.4, 0.5) is 5.95 Å². The zero-order valence-corrected chi connectivity index (χ0v) is 13.9. The van der Waals surface area contributed by atoms with Gasteiger partial charge >= 0.3 is 0 Å². The second kappa shape index (κ2) is 6.51. The summed E-state index contributed by atoms with van der Waals surface area (Å²) in [5.41, 5.74) is 8.39. The summed E-state index contributed by atoms with van der Waals surface area (Å²) in [6.45, 7) is 1.50. The monoisotopic (exact) mass is 332 g/mol. The number of carbonyl (C=O) groups excluding carboxylic acids is 1. The number of hydrogen-bond acceptors (Lipinski definition) is 4. The first-order valence-electron chi connectivity index (χ1n) is 8.59. The molecule has 5 heteroatoms. The molecule has 2 N–H and O–H groups in total. The summed E-state index contributed by atoms with van der Waals surface area (Å²) in [6, 6.07) is 18.2. The number of primary amides is 1. The third kappa shape index (κ3) is 3.05. The maximum absolute atomic E-state index is 11.4. The van der Waals surface area contributed by atoms with Crippen LogP contribution in [0, 0.1) is 5.92 Å². The van der Waals surface area contributed by atoms with Crippen LogP contribution in [-0.4, -0.2) is 29.0 Å². The molecule has 0 unspecified atom stereocenters. The SMILES string of the molecule is NC(=O)C1CCN(c2nc(-c3ccccc3)c3ccccc3n2)CC1. The molecule has 1 aliphatic heterocycles. The molecule has 2 aromatic carbocycles. The molecule has 3 aromatic rings. The van der Waals surface area contributed by atoms with Crippen molar-refractivity contribution in [1.29, 1.82) is 0 Å². The van der Waals surface area contributed by atoms with Crippen LogP contribution in [0.3, 0.4) is 0 Å². The van der Waals surface area contributed by atoms with Crippen LogP contribution in [0.5, 0.6) is 0 Å². The Balaban J connectivity index is 1.75. The molecule has 0 bridgehead atoms. The van der Waals surface area contributed by atoms with Crippen LogP contribution in [0.15, 0.2) is 54.6 Å². The van der Waals surface area contributed by atoms with E-state index in [1.54, 1.807) is 0 Å². The van der Waals surface area contributed by atoms with Crippen molar-refractivity contribution in [1.82, 2.24) is 9.97 Å². The maximum atomic E-state index is 11.4. The van der Waals surface area contributed by atoms with Crippen molar-refractivity contribution in [2.24, 2.45) is 11.7 Å². The third-order valence-electron chi connectivity index (χ3n) is 4.82. The van der Waals surface area contributed by atoms with Gasteiger partial charge in [0.25, 0.3) is 0 Å². The van der Waals surface area contributed by atoms with Gasteiger partial charge in [0.05, 0.1) is 11.2 Å². The Kier molecular flexibility index (Phi) is 4.06. The van der Waals surface area contributed by atoms with E-state index < -0.39 is 0 Å². The highest BCUT2D eigenvalue weighted by Gasteiger charge is 2.25. The van der Waals surface area contributed by atoms with Gasteiger partial charge in [-0.2, -0.15) is 0 Å². The van der Waals surface area contributed by atoms with Gasteiger partial charge in [0, 0.05) is 30.0 Å². The minimum absolute atomic E-state index is 0.0368. The van der Waals surface area contributed by atoms with Crippen molar-refractivity contribution < 1.29 is 4.79 Å². The first-order valence-corrected chi connectivity index (χ1v) is 8.59. The first kappa shape index (κ1) is 15.6. The van der Waals surface area contributed by atoms with E-state index in [1.165, 1.54) is 0 Å². The molecule has 4 rings (SSSR count). The van der Waals surface area contributed by atoms with Crippen LogP contribution in [0.1, 0.15) is 12.8 Å². The topological polar surface area (TPSA) is 72.1 Å². The second-order valence-electron chi connectivity index (χ2n) is 6.42. The average Bonchev–Trinajstić information content (AvgIpc) is 2.68. The van der Waals surface area contributed by atoms with Gasteiger partial charge < -0.3 is 10.6 Å². The normalized spacial score (nSPS) is 15.4. The minimum Gasteiger partial charge on any atom is -0.369 e. The fourth-order valence-corrected chi connectivity index (χ4v) is 3.39. The Bertz CT molecular complexity index is 902. The summed E-state index contributed by atoms with van der Waals surface area (Å²) in [5.74, 6) is 0.481. The molecule has 2 heterocycles. The van der Waals surface area contributed by atoms with Gasteiger partial charge in [0.2, 0.25) is 11.9 Å². The summed E-state index contributed by atoms with van der Waals surface area (Å²) in [4.78, 5) is 23.2. The summed E-state index contributed by atoms with van der Waals surface area (Å²) in [7, 11) is 0. The lowest BCUT2D eigenvalue weighted by Gasteiger charge is -2.31. The van der Waals surface area contributed by atoms with E-state index in [2.05, 4.69) is 23.1 Å². The third-order valence-corrected chi connectivity index (χ3v) is 4.82. The number of nitrogens with zero attached hydrogens (tertiary/aromatic N) is 3. The Morgan fingerprint density at radius 3 is 2.36 bits per heavy atom. The van der Waals surface area contributed by atoms with E-state index in [9.17, 15) is 4.79 Å².